The van der Waals surface area contributed by atoms with Crippen molar-refractivity contribution in [2.45, 2.75) is 71.6 Å². The standard InChI is InChI=1S/C23H40NO2/c1-5-6-7-8-9-10-11-12-13-18-24(3,4)19-20-26-23-16-14-22(15-17-23)21(2)25/h14-17H,5-13,18-20H2,1-4H3/q+1. The molecule has 0 aliphatic carbocycles. The predicted octanol–water partition coefficient (Wildman–Crippen LogP) is 5.88. The van der Waals surface area contributed by atoms with Crippen LogP contribution in [0.4, 0.5) is 0 Å². The summed E-state index contributed by atoms with van der Waals surface area (Å²) >= 11 is 0. The Morgan fingerprint density at radius 2 is 1.38 bits per heavy atom. The third-order valence-corrected chi connectivity index (χ3v) is 5.09. The molecule has 0 N–H and O–H groups in total. The molecule has 148 valence electrons. The maximum absolute atomic E-state index is 11.3. The first-order valence-corrected chi connectivity index (χ1v) is 10.5. The van der Waals surface area contributed by atoms with Gasteiger partial charge in [0.05, 0.1) is 20.6 Å². The molecule has 0 saturated heterocycles. The molecule has 0 bridgehead atoms. The maximum Gasteiger partial charge on any atom is 0.159 e. The van der Waals surface area contributed by atoms with Crippen molar-refractivity contribution < 1.29 is 14.0 Å². The fraction of sp³-hybridized carbons (Fsp3) is 0.696. The lowest BCUT2D eigenvalue weighted by Crippen LogP contribution is -2.43. The second-order valence-electron chi connectivity index (χ2n) is 8.14. The van der Waals surface area contributed by atoms with Crippen molar-refractivity contribution >= 4 is 5.78 Å². The molecule has 0 atom stereocenters. The van der Waals surface area contributed by atoms with E-state index >= 15 is 0 Å². The minimum atomic E-state index is 0.0929. The number of carbonyl (C=O) groups excluding carboxylic acids is 1. The van der Waals surface area contributed by atoms with Crippen LogP contribution >= 0.6 is 0 Å². The lowest BCUT2D eigenvalue weighted by atomic mass is 10.1. The van der Waals surface area contributed by atoms with Crippen LogP contribution in [0.5, 0.6) is 5.75 Å². The highest BCUT2D eigenvalue weighted by Crippen LogP contribution is 2.14. The number of rotatable bonds is 15. The van der Waals surface area contributed by atoms with E-state index in [1.165, 1.54) is 64.3 Å². The number of hydrogen-bond acceptors (Lipinski definition) is 2. The fourth-order valence-corrected chi connectivity index (χ4v) is 3.16. The van der Waals surface area contributed by atoms with E-state index in [0.717, 1.165) is 22.3 Å². The molecule has 1 rings (SSSR count). The molecule has 0 spiro atoms. The number of Topliss-reactive ketones (excluding diaryl/α,β-unsaturated/α-hetero) is 1. The van der Waals surface area contributed by atoms with Gasteiger partial charge in [-0.1, -0.05) is 51.9 Å². The van der Waals surface area contributed by atoms with Gasteiger partial charge in [0.1, 0.15) is 18.9 Å². The maximum atomic E-state index is 11.3. The highest BCUT2D eigenvalue weighted by atomic mass is 16.5. The molecule has 0 aromatic heterocycles. The summed E-state index contributed by atoms with van der Waals surface area (Å²) in [5.41, 5.74) is 0.735. The van der Waals surface area contributed by atoms with Gasteiger partial charge in [-0.05, 0) is 44.0 Å². The van der Waals surface area contributed by atoms with E-state index in [0.29, 0.717) is 6.61 Å². The highest BCUT2D eigenvalue weighted by Gasteiger charge is 2.14. The largest absolute Gasteiger partial charge is 0.488 e. The molecule has 0 heterocycles. The lowest BCUT2D eigenvalue weighted by molar-refractivity contribution is -0.890. The molecule has 0 aliphatic heterocycles. The summed E-state index contributed by atoms with van der Waals surface area (Å²) in [5.74, 6) is 0.938. The average molecular weight is 363 g/mol. The summed E-state index contributed by atoms with van der Waals surface area (Å²) in [6, 6.07) is 7.44. The summed E-state index contributed by atoms with van der Waals surface area (Å²) in [7, 11) is 4.57. The zero-order valence-electron chi connectivity index (χ0n) is 17.6. The van der Waals surface area contributed by atoms with Gasteiger partial charge in [-0.2, -0.15) is 0 Å². The van der Waals surface area contributed by atoms with Crippen LogP contribution in [0.15, 0.2) is 24.3 Å². The molecule has 0 saturated carbocycles. The van der Waals surface area contributed by atoms with Crippen molar-refractivity contribution in [2.24, 2.45) is 0 Å². The first-order valence-electron chi connectivity index (χ1n) is 10.5. The number of quaternary nitrogens is 1. The van der Waals surface area contributed by atoms with Crippen LogP contribution in [0.25, 0.3) is 0 Å². The number of ether oxygens (including phenoxy) is 1. The molecule has 0 radical (unpaired) electrons. The number of unbranched alkanes of at least 4 members (excludes halogenated alkanes) is 8. The van der Waals surface area contributed by atoms with Crippen molar-refractivity contribution in [2.75, 3.05) is 33.8 Å². The minimum Gasteiger partial charge on any atom is -0.488 e. The molecule has 0 aliphatic rings. The second-order valence-corrected chi connectivity index (χ2v) is 8.14. The van der Waals surface area contributed by atoms with Gasteiger partial charge in [0.25, 0.3) is 0 Å². The first-order chi connectivity index (χ1) is 12.4. The Labute approximate surface area is 161 Å². The Hall–Kier alpha value is -1.35. The molecule has 3 heteroatoms. The smallest absolute Gasteiger partial charge is 0.159 e. The summed E-state index contributed by atoms with van der Waals surface area (Å²) < 4.78 is 6.84. The number of nitrogens with zero attached hydrogens (tertiary/aromatic N) is 1. The highest BCUT2D eigenvalue weighted by molar-refractivity contribution is 5.94. The van der Waals surface area contributed by atoms with Crippen LogP contribution < -0.4 is 4.74 Å². The Bertz CT molecular complexity index is 493. The van der Waals surface area contributed by atoms with Crippen molar-refractivity contribution in [3.8, 4) is 5.75 Å². The van der Waals surface area contributed by atoms with Gasteiger partial charge in [-0.15, -0.1) is 0 Å². The van der Waals surface area contributed by atoms with Crippen LogP contribution in [-0.2, 0) is 0 Å². The zero-order chi connectivity index (χ0) is 19.3. The quantitative estimate of drug-likeness (QED) is 0.221. The van der Waals surface area contributed by atoms with Gasteiger partial charge in [0.15, 0.2) is 5.78 Å². The zero-order valence-corrected chi connectivity index (χ0v) is 17.6. The number of benzene rings is 1. The summed E-state index contributed by atoms with van der Waals surface area (Å²) in [6.07, 6.45) is 12.4. The van der Waals surface area contributed by atoms with Crippen molar-refractivity contribution in [3.05, 3.63) is 29.8 Å². The monoisotopic (exact) mass is 362 g/mol. The molecule has 0 fully saturated rings. The average Bonchev–Trinajstić information content (AvgIpc) is 2.60. The van der Waals surface area contributed by atoms with E-state index in [9.17, 15) is 4.79 Å². The molecule has 26 heavy (non-hydrogen) atoms. The molecule has 3 nitrogen and oxygen atoms in total. The van der Waals surface area contributed by atoms with Crippen LogP contribution in [0.2, 0.25) is 0 Å². The third-order valence-electron chi connectivity index (χ3n) is 5.09. The van der Waals surface area contributed by atoms with Gasteiger partial charge in [0, 0.05) is 5.56 Å². The molecular weight excluding hydrogens is 322 g/mol. The normalized spacial score (nSPS) is 11.5. The molecule has 0 unspecified atom stereocenters. The van der Waals surface area contributed by atoms with Gasteiger partial charge >= 0.3 is 0 Å². The van der Waals surface area contributed by atoms with Crippen molar-refractivity contribution in [1.29, 1.82) is 0 Å². The van der Waals surface area contributed by atoms with E-state index in [1.807, 2.05) is 24.3 Å². The van der Waals surface area contributed by atoms with E-state index in [-0.39, 0.29) is 5.78 Å². The van der Waals surface area contributed by atoms with E-state index < -0.39 is 0 Å². The molecular formula is C23H40NO2+. The second kappa shape index (κ2) is 12.9. The minimum absolute atomic E-state index is 0.0929. The Kier molecular flexibility index (Phi) is 11.3. The van der Waals surface area contributed by atoms with Crippen LogP contribution in [0, 0.1) is 0 Å². The Balaban J connectivity index is 2.09. The van der Waals surface area contributed by atoms with Gasteiger partial charge in [-0.3, -0.25) is 4.79 Å². The predicted molar refractivity (Wildman–Crippen MR) is 111 cm³/mol. The SMILES string of the molecule is CCCCCCCCCCC[N+](C)(C)CCOc1ccc(C(C)=O)cc1. The number of carbonyl (C=O) groups is 1. The summed E-state index contributed by atoms with van der Waals surface area (Å²) in [5, 5.41) is 0. The van der Waals surface area contributed by atoms with Gasteiger partial charge in [0.2, 0.25) is 0 Å². The molecule has 0 amide bonds. The summed E-state index contributed by atoms with van der Waals surface area (Å²) in [4.78, 5) is 11.3. The van der Waals surface area contributed by atoms with Crippen LogP contribution in [-0.4, -0.2) is 44.1 Å². The van der Waals surface area contributed by atoms with Crippen molar-refractivity contribution in [1.82, 2.24) is 0 Å². The third kappa shape index (κ3) is 10.6. The van der Waals surface area contributed by atoms with Crippen LogP contribution in [0.1, 0.15) is 82.0 Å². The fourth-order valence-electron chi connectivity index (χ4n) is 3.16. The number of likely N-dealkylation sites (N-methyl/N-ethyl adjacent to an activating group) is 1. The van der Waals surface area contributed by atoms with E-state index in [4.69, 9.17) is 4.74 Å². The van der Waals surface area contributed by atoms with Crippen LogP contribution in [0.3, 0.4) is 0 Å². The molecule has 1 aromatic rings. The summed E-state index contributed by atoms with van der Waals surface area (Å²) in [6.45, 7) is 6.79. The van der Waals surface area contributed by atoms with E-state index in [2.05, 4.69) is 21.0 Å². The number of ketones is 1. The van der Waals surface area contributed by atoms with Gasteiger partial charge < -0.3 is 9.22 Å². The lowest BCUT2D eigenvalue weighted by Gasteiger charge is -2.29. The first kappa shape index (κ1) is 22.7. The Morgan fingerprint density at radius 3 is 1.92 bits per heavy atom. The van der Waals surface area contributed by atoms with Crippen molar-refractivity contribution in [3.63, 3.8) is 0 Å². The topological polar surface area (TPSA) is 26.3 Å². The van der Waals surface area contributed by atoms with Gasteiger partial charge in [-0.25, -0.2) is 0 Å². The molecule has 1 aromatic carbocycles. The van der Waals surface area contributed by atoms with E-state index in [1.54, 1.807) is 6.92 Å². The number of hydrogen-bond donors (Lipinski definition) is 0. The Morgan fingerprint density at radius 1 is 0.846 bits per heavy atom.